The lowest BCUT2D eigenvalue weighted by Gasteiger charge is -1.90. The zero-order valence-corrected chi connectivity index (χ0v) is 3.51. The van der Waals surface area contributed by atoms with Gasteiger partial charge in [0.25, 0.3) is 0 Å². The molecule has 0 aromatic rings. The van der Waals surface area contributed by atoms with Gasteiger partial charge in [-0.05, 0) is 0 Å². The maximum absolute atomic E-state index is 10.2. The molecule has 0 aliphatic heterocycles. The number of carbonyl (C=O) groups excluding carboxylic acids is 1. The van der Waals surface area contributed by atoms with E-state index in [9.17, 15) is 4.79 Å². The Bertz CT molecular complexity index is 139. The Morgan fingerprint density at radius 3 is 3.29 bits per heavy atom. The molecule has 0 heterocycles. The lowest BCUT2D eigenvalue weighted by atomic mass is 11.1. The third-order valence-electron chi connectivity index (χ3n) is 0.263. The smallest absolute Gasteiger partial charge is 0.437 e. The predicted molar refractivity (Wildman–Crippen MR) is 23.7 cm³/mol. The van der Waals surface area contributed by atoms with Crippen molar-refractivity contribution in [1.29, 1.82) is 0 Å². The van der Waals surface area contributed by atoms with Gasteiger partial charge in [0.15, 0.2) is 0 Å². The van der Waals surface area contributed by atoms with E-state index in [1.54, 1.807) is 0 Å². The van der Waals surface area contributed by atoms with Gasteiger partial charge in [0.05, 0.1) is 17.4 Å². The van der Waals surface area contributed by atoms with Gasteiger partial charge in [0, 0.05) is 0 Å². The fourth-order valence-corrected chi connectivity index (χ4v) is 0.0921. The molecule has 0 aromatic heterocycles. The first-order chi connectivity index (χ1) is 4.45. The molecule has 0 N–H and O–H groups in total. The van der Waals surface area contributed by atoms with Gasteiger partial charge in [-0.1, -0.05) is 6.58 Å². The minimum Gasteiger partial charge on any atom is -0.437 e. The van der Waals surface area contributed by atoms with Crippen LogP contribution in [0.1, 0.15) is 4.11 Å². The van der Waals surface area contributed by atoms with E-state index < -0.39 is 13.2 Å². The SMILES string of the molecule is [2H]C([2H])([2H])OC(=O)OC=C. The second kappa shape index (κ2) is 3.21. The summed E-state index contributed by atoms with van der Waals surface area (Å²) >= 11 is 0. The Morgan fingerprint density at radius 1 is 2.14 bits per heavy atom. The molecular weight excluding hydrogens is 96.0 g/mol. The van der Waals surface area contributed by atoms with Gasteiger partial charge in [-0.15, -0.1) is 0 Å². The van der Waals surface area contributed by atoms with E-state index in [1.807, 2.05) is 0 Å². The minimum atomic E-state index is -2.75. The Labute approximate surface area is 45.7 Å². The molecule has 40 valence electrons. The van der Waals surface area contributed by atoms with Crippen LogP contribution in [0.2, 0.25) is 0 Å². The summed E-state index contributed by atoms with van der Waals surface area (Å²) in [5.41, 5.74) is 0. The van der Waals surface area contributed by atoms with Gasteiger partial charge in [0.2, 0.25) is 0 Å². The first-order valence-corrected chi connectivity index (χ1v) is 1.46. The van der Waals surface area contributed by atoms with Crippen molar-refractivity contribution in [3.8, 4) is 0 Å². The Hall–Kier alpha value is -0.990. The minimum absolute atomic E-state index is 0.786. The maximum atomic E-state index is 10.2. The molecule has 0 atom stereocenters. The van der Waals surface area contributed by atoms with Gasteiger partial charge in [-0.3, -0.25) is 0 Å². The second-order valence-corrected chi connectivity index (χ2v) is 0.637. The normalized spacial score (nSPS) is 15.1. The highest BCUT2D eigenvalue weighted by molar-refractivity contribution is 5.60. The van der Waals surface area contributed by atoms with E-state index in [-0.39, 0.29) is 0 Å². The summed E-state index contributed by atoms with van der Waals surface area (Å²) in [6.45, 7) is 3.02. The van der Waals surface area contributed by atoms with Crippen LogP contribution < -0.4 is 0 Å². The first-order valence-electron chi connectivity index (χ1n) is 2.96. The molecule has 0 aliphatic rings. The largest absolute Gasteiger partial charge is 0.512 e. The van der Waals surface area contributed by atoms with Gasteiger partial charge in [-0.25, -0.2) is 4.79 Å². The number of hydrogen-bond acceptors (Lipinski definition) is 3. The molecule has 0 rings (SSSR count). The van der Waals surface area contributed by atoms with Crippen molar-refractivity contribution in [3.05, 3.63) is 12.8 Å². The fourth-order valence-electron chi connectivity index (χ4n) is 0.0921. The summed E-state index contributed by atoms with van der Waals surface area (Å²) in [5, 5.41) is 0. The Balaban J connectivity index is 3.68. The quantitative estimate of drug-likeness (QED) is 0.367. The van der Waals surface area contributed by atoms with Crippen molar-refractivity contribution in [2.45, 2.75) is 0 Å². The van der Waals surface area contributed by atoms with Crippen molar-refractivity contribution < 1.29 is 18.4 Å². The van der Waals surface area contributed by atoms with E-state index >= 15 is 0 Å². The van der Waals surface area contributed by atoms with Crippen molar-refractivity contribution in [3.63, 3.8) is 0 Å². The molecule has 3 nitrogen and oxygen atoms in total. The van der Waals surface area contributed by atoms with Crippen LogP contribution in [0.3, 0.4) is 0 Å². The first kappa shape index (κ1) is 2.35. The van der Waals surface area contributed by atoms with E-state index in [0.717, 1.165) is 6.26 Å². The molecule has 0 saturated carbocycles. The number of hydrogen-bond donors (Lipinski definition) is 0. The number of ether oxygens (including phenoxy) is 2. The van der Waals surface area contributed by atoms with Gasteiger partial charge in [-0.2, -0.15) is 0 Å². The molecule has 0 unspecified atom stereocenters. The van der Waals surface area contributed by atoms with E-state index in [0.29, 0.717) is 0 Å². The molecule has 0 fully saturated rings. The second-order valence-electron chi connectivity index (χ2n) is 0.637. The summed E-state index contributed by atoms with van der Waals surface area (Å²) < 4.78 is 27.0. The molecule has 0 radical (unpaired) electrons. The van der Waals surface area contributed by atoms with Crippen molar-refractivity contribution in [2.24, 2.45) is 0 Å². The van der Waals surface area contributed by atoms with Crippen LogP contribution in [-0.2, 0) is 9.47 Å². The van der Waals surface area contributed by atoms with E-state index in [2.05, 4.69) is 16.1 Å². The van der Waals surface area contributed by atoms with E-state index in [4.69, 9.17) is 4.11 Å². The van der Waals surface area contributed by atoms with Crippen molar-refractivity contribution >= 4 is 6.16 Å². The van der Waals surface area contributed by atoms with E-state index in [1.165, 1.54) is 0 Å². The highest BCUT2D eigenvalue weighted by Gasteiger charge is 1.91. The van der Waals surface area contributed by atoms with Gasteiger partial charge in [0.1, 0.15) is 0 Å². The molecule has 0 aliphatic carbocycles. The monoisotopic (exact) mass is 105 g/mol. The molecule has 0 amide bonds. The average molecular weight is 105 g/mol. The molecule has 0 bridgehead atoms. The molecule has 3 heteroatoms. The molecular formula is C4H6O3. The Morgan fingerprint density at radius 2 is 2.86 bits per heavy atom. The summed E-state index contributed by atoms with van der Waals surface area (Å²) in [6.07, 6.45) is -0.497. The topological polar surface area (TPSA) is 35.5 Å². The third-order valence-corrected chi connectivity index (χ3v) is 0.263. The lowest BCUT2D eigenvalue weighted by Crippen LogP contribution is -1.96. The van der Waals surface area contributed by atoms with Crippen LogP contribution in [0.25, 0.3) is 0 Å². The van der Waals surface area contributed by atoms with Crippen LogP contribution >= 0.6 is 0 Å². The molecule has 0 aromatic carbocycles. The standard InChI is InChI=1S/C4H6O3/c1-3-7-4(5)6-2/h3H,1H2,2H3/i2D3. The van der Waals surface area contributed by atoms with Crippen molar-refractivity contribution in [1.82, 2.24) is 0 Å². The van der Waals surface area contributed by atoms with Crippen LogP contribution in [0.4, 0.5) is 4.79 Å². The predicted octanol–water partition coefficient (Wildman–Crippen LogP) is 0.913. The average Bonchev–Trinajstić information content (AvgIpc) is 1.59. The van der Waals surface area contributed by atoms with Crippen LogP contribution in [0, 0.1) is 0 Å². The summed E-state index contributed by atoms with van der Waals surface area (Å²) in [4.78, 5) is 10.2. The number of methoxy groups -OCH3 is 1. The zero-order chi connectivity index (χ0) is 8.20. The zero-order valence-electron chi connectivity index (χ0n) is 6.51. The molecule has 7 heavy (non-hydrogen) atoms. The maximum Gasteiger partial charge on any atom is 0.512 e. The van der Waals surface area contributed by atoms with Crippen molar-refractivity contribution in [2.75, 3.05) is 7.04 Å². The number of carbonyl (C=O) groups is 1. The van der Waals surface area contributed by atoms with Crippen LogP contribution in [0.15, 0.2) is 12.8 Å². The highest BCUT2D eigenvalue weighted by Crippen LogP contribution is 1.78. The Kier molecular flexibility index (Phi) is 1.08. The lowest BCUT2D eigenvalue weighted by molar-refractivity contribution is 0.106. The summed E-state index contributed by atoms with van der Waals surface area (Å²) in [5.74, 6) is 0. The van der Waals surface area contributed by atoms with Crippen LogP contribution in [-0.4, -0.2) is 13.2 Å². The molecule has 0 spiro atoms. The van der Waals surface area contributed by atoms with Gasteiger partial charge < -0.3 is 9.47 Å². The fraction of sp³-hybridized carbons (Fsp3) is 0.250. The highest BCUT2D eigenvalue weighted by atomic mass is 16.7. The number of rotatable bonds is 1. The summed E-state index contributed by atoms with van der Waals surface area (Å²) in [6, 6.07) is 0. The third kappa shape index (κ3) is 2.82. The summed E-state index contributed by atoms with van der Waals surface area (Å²) in [7, 11) is -2.75. The van der Waals surface area contributed by atoms with Gasteiger partial charge >= 0.3 is 6.16 Å². The molecule has 0 saturated heterocycles. The van der Waals surface area contributed by atoms with Crippen LogP contribution in [0.5, 0.6) is 0 Å².